The molecule has 0 aromatic carbocycles. The average molecular weight is 370 g/mol. The summed E-state index contributed by atoms with van der Waals surface area (Å²) in [6, 6.07) is 0. The highest BCUT2D eigenvalue weighted by Crippen LogP contribution is 2.32. The van der Waals surface area contributed by atoms with Gasteiger partial charge in [-0.05, 0) is 19.3 Å². The Hall–Kier alpha value is -0.400. The maximum absolute atomic E-state index is 12.7. The van der Waals surface area contributed by atoms with Crippen LogP contribution in [0.25, 0.3) is 0 Å². The number of hydrogen-bond acceptors (Lipinski definition) is 5. The Morgan fingerprint density at radius 3 is 2.59 bits per heavy atom. The zero-order valence-corrected chi connectivity index (χ0v) is 15.5. The molecule has 22 heavy (non-hydrogen) atoms. The summed E-state index contributed by atoms with van der Waals surface area (Å²) in [5.74, 6) is 0.122. The van der Waals surface area contributed by atoms with Gasteiger partial charge >= 0.3 is 0 Å². The number of hydrogen-bond donors (Lipinski definition) is 1. The number of carbonyl (C=O) groups excluding carboxylic acids is 1. The van der Waals surface area contributed by atoms with E-state index in [0.29, 0.717) is 39.1 Å². The van der Waals surface area contributed by atoms with E-state index >= 15 is 0 Å². The van der Waals surface area contributed by atoms with Gasteiger partial charge in [0.05, 0.1) is 12.0 Å². The van der Waals surface area contributed by atoms with Gasteiger partial charge in [-0.15, -0.1) is 36.2 Å². The Bertz CT molecular complexity index is 465. The molecular weight excluding hydrogens is 345 g/mol. The molecule has 1 aliphatic rings. The number of halogens is 2. The van der Waals surface area contributed by atoms with Crippen LogP contribution in [0, 0.1) is 5.41 Å². The lowest BCUT2D eigenvalue weighted by atomic mass is 9.79. The first kappa shape index (κ1) is 21.6. The molecule has 1 aliphatic heterocycles. The van der Waals surface area contributed by atoms with Crippen molar-refractivity contribution < 1.29 is 9.53 Å². The minimum atomic E-state index is -0.447. The lowest BCUT2D eigenvalue weighted by molar-refractivity contribution is -0.146. The number of ether oxygens (including phenoxy) is 1. The van der Waals surface area contributed by atoms with Gasteiger partial charge in [0.25, 0.3) is 0 Å². The summed E-state index contributed by atoms with van der Waals surface area (Å²) < 4.78 is 5.36. The van der Waals surface area contributed by atoms with Crippen molar-refractivity contribution in [1.82, 2.24) is 9.88 Å². The number of rotatable bonds is 5. The molecule has 0 atom stereocenters. The van der Waals surface area contributed by atoms with Gasteiger partial charge in [-0.25, -0.2) is 4.98 Å². The molecule has 1 saturated heterocycles. The van der Waals surface area contributed by atoms with E-state index in [-0.39, 0.29) is 30.7 Å². The first-order valence-corrected chi connectivity index (χ1v) is 7.90. The minimum Gasteiger partial charge on any atom is -0.381 e. The summed E-state index contributed by atoms with van der Waals surface area (Å²) in [7, 11) is 1.84. The van der Waals surface area contributed by atoms with Crippen molar-refractivity contribution in [1.29, 1.82) is 0 Å². The van der Waals surface area contributed by atoms with Gasteiger partial charge in [-0.1, -0.05) is 6.92 Å². The van der Waals surface area contributed by atoms with E-state index in [4.69, 9.17) is 10.5 Å². The fourth-order valence-electron chi connectivity index (χ4n) is 2.53. The van der Waals surface area contributed by atoms with Crippen molar-refractivity contribution in [2.75, 3.05) is 26.8 Å². The summed E-state index contributed by atoms with van der Waals surface area (Å²) in [5, 5.41) is 0.983. The van der Waals surface area contributed by atoms with Crippen LogP contribution in [0.5, 0.6) is 0 Å². The highest BCUT2D eigenvalue weighted by Gasteiger charge is 2.40. The summed E-state index contributed by atoms with van der Waals surface area (Å²) >= 11 is 1.67. The van der Waals surface area contributed by atoms with Crippen molar-refractivity contribution in [3.05, 3.63) is 16.1 Å². The van der Waals surface area contributed by atoms with Crippen LogP contribution in [0.1, 0.15) is 29.7 Å². The first-order chi connectivity index (χ1) is 9.61. The second-order valence-electron chi connectivity index (χ2n) is 5.33. The van der Waals surface area contributed by atoms with Crippen molar-refractivity contribution in [3.8, 4) is 0 Å². The molecule has 1 amide bonds. The summed E-state index contributed by atoms with van der Waals surface area (Å²) in [6.45, 7) is 4.29. The van der Waals surface area contributed by atoms with Crippen molar-refractivity contribution in [3.63, 3.8) is 0 Å². The van der Waals surface area contributed by atoms with E-state index in [1.54, 1.807) is 16.2 Å². The molecule has 8 heteroatoms. The van der Waals surface area contributed by atoms with E-state index in [2.05, 4.69) is 11.9 Å². The molecular formula is C14H25Cl2N3O2S. The Kier molecular flexibility index (Phi) is 9.50. The second-order valence-corrected chi connectivity index (χ2v) is 6.53. The normalized spacial score (nSPS) is 16.3. The number of carbonyl (C=O) groups is 1. The average Bonchev–Trinajstić information content (AvgIpc) is 2.94. The molecule has 5 nitrogen and oxygen atoms in total. The maximum Gasteiger partial charge on any atom is 0.230 e. The maximum atomic E-state index is 12.7. The molecule has 1 aromatic heterocycles. The second kappa shape index (κ2) is 9.67. The lowest BCUT2D eigenvalue weighted by Crippen LogP contribution is -2.49. The largest absolute Gasteiger partial charge is 0.381 e. The van der Waals surface area contributed by atoms with Gasteiger partial charge in [-0.3, -0.25) is 4.79 Å². The Balaban J connectivity index is 0.00000220. The monoisotopic (exact) mass is 369 g/mol. The van der Waals surface area contributed by atoms with Crippen molar-refractivity contribution in [2.24, 2.45) is 11.1 Å². The minimum absolute atomic E-state index is 0. The molecule has 0 unspecified atom stereocenters. The van der Waals surface area contributed by atoms with Crippen molar-refractivity contribution in [2.45, 2.75) is 32.7 Å². The van der Waals surface area contributed by atoms with Crippen LogP contribution in [0.15, 0.2) is 6.20 Å². The van der Waals surface area contributed by atoms with Crippen LogP contribution in [0.4, 0.5) is 0 Å². The topological polar surface area (TPSA) is 68.5 Å². The van der Waals surface area contributed by atoms with Gasteiger partial charge in [0.15, 0.2) is 0 Å². The van der Waals surface area contributed by atoms with Gasteiger partial charge in [-0.2, -0.15) is 0 Å². The predicted octanol–water partition coefficient (Wildman–Crippen LogP) is 2.26. The van der Waals surface area contributed by atoms with Crippen LogP contribution in [-0.2, 0) is 22.5 Å². The Labute approximate surface area is 148 Å². The first-order valence-electron chi connectivity index (χ1n) is 7.08. The Morgan fingerprint density at radius 1 is 1.45 bits per heavy atom. The number of aryl methyl sites for hydroxylation is 1. The van der Waals surface area contributed by atoms with Crippen molar-refractivity contribution >= 4 is 42.1 Å². The van der Waals surface area contributed by atoms with E-state index in [1.165, 1.54) is 4.88 Å². The standard InChI is InChI=1S/C14H23N3O2S.2ClH/c1-3-11-8-16-12(20-11)9-17(2)13(18)14(10-15)4-6-19-7-5-14;;/h8H,3-7,9-10,15H2,1-2H3;2*1H. The molecule has 0 radical (unpaired) electrons. The van der Waals surface area contributed by atoms with Crippen LogP contribution in [0.2, 0.25) is 0 Å². The smallest absolute Gasteiger partial charge is 0.230 e. The van der Waals surface area contributed by atoms with Gasteiger partial charge in [0.1, 0.15) is 5.01 Å². The lowest BCUT2D eigenvalue weighted by Gasteiger charge is -2.37. The van der Waals surface area contributed by atoms with E-state index < -0.39 is 5.41 Å². The molecule has 1 fully saturated rings. The fraction of sp³-hybridized carbons (Fsp3) is 0.714. The summed E-state index contributed by atoms with van der Waals surface area (Å²) in [6.07, 6.45) is 4.31. The zero-order valence-electron chi connectivity index (χ0n) is 13.0. The van der Waals surface area contributed by atoms with Gasteiger partial charge in [0, 0.05) is 37.9 Å². The highest BCUT2D eigenvalue weighted by atomic mass is 35.5. The molecule has 128 valence electrons. The molecule has 2 heterocycles. The fourth-order valence-corrected chi connectivity index (χ4v) is 3.45. The SMILES string of the molecule is CCc1cnc(CN(C)C(=O)C2(CN)CCOCC2)s1.Cl.Cl. The van der Waals surface area contributed by atoms with E-state index in [1.807, 2.05) is 13.2 Å². The van der Waals surface area contributed by atoms with E-state index in [0.717, 1.165) is 11.4 Å². The number of nitrogens with two attached hydrogens (primary N) is 1. The molecule has 0 spiro atoms. The third-order valence-corrected chi connectivity index (χ3v) is 5.09. The predicted molar refractivity (Wildman–Crippen MR) is 94.0 cm³/mol. The van der Waals surface area contributed by atoms with Crippen LogP contribution >= 0.6 is 36.2 Å². The summed E-state index contributed by atoms with van der Waals surface area (Å²) in [4.78, 5) is 20.1. The number of nitrogens with zero attached hydrogens (tertiary/aromatic N) is 2. The summed E-state index contributed by atoms with van der Waals surface area (Å²) in [5.41, 5.74) is 5.43. The number of amides is 1. The quantitative estimate of drug-likeness (QED) is 0.863. The van der Waals surface area contributed by atoms with Crippen LogP contribution in [0.3, 0.4) is 0 Å². The third-order valence-electron chi connectivity index (χ3n) is 3.96. The molecule has 2 rings (SSSR count). The van der Waals surface area contributed by atoms with Crippen LogP contribution < -0.4 is 5.73 Å². The molecule has 0 bridgehead atoms. The van der Waals surface area contributed by atoms with Crippen LogP contribution in [-0.4, -0.2) is 42.6 Å². The van der Waals surface area contributed by atoms with Gasteiger partial charge in [0.2, 0.25) is 5.91 Å². The number of aromatic nitrogens is 1. The molecule has 0 saturated carbocycles. The molecule has 2 N–H and O–H groups in total. The molecule has 0 aliphatic carbocycles. The molecule has 1 aromatic rings. The highest BCUT2D eigenvalue weighted by molar-refractivity contribution is 7.11. The number of thiazole rings is 1. The Morgan fingerprint density at radius 2 is 2.09 bits per heavy atom. The zero-order chi connectivity index (χ0) is 14.6. The van der Waals surface area contributed by atoms with Gasteiger partial charge < -0.3 is 15.4 Å². The third kappa shape index (κ3) is 4.80. The van der Waals surface area contributed by atoms with E-state index in [9.17, 15) is 4.79 Å².